The second-order valence-corrected chi connectivity index (χ2v) is 5.11. The van der Waals surface area contributed by atoms with E-state index in [-0.39, 0.29) is 5.82 Å². The van der Waals surface area contributed by atoms with E-state index in [9.17, 15) is 4.39 Å². The average Bonchev–Trinajstić information content (AvgIpc) is 2.84. The van der Waals surface area contributed by atoms with Crippen LogP contribution in [0.3, 0.4) is 0 Å². The van der Waals surface area contributed by atoms with Gasteiger partial charge in [-0.2, -0.15) is 0 Å². The van der Waals surface area contributed by atoms with Gasteiger partial charge in [0, 0.05) is 28.2 Å². The third-order valence-electron chi connectivity index (χ3n) is 3.35. The Bertz CT molecular complexity index is 792. The molecule has 100 valence electrons. The molecular formula is C16H13FN2S. The van der Waals surface area contributed by atoms with Crippen LogP contribution in [-0.2, 0) is 6.54 Å². The van der Waals surface area contributed by atoms with Crippen LogP contribution in [-0.4, -0.2) is 9.56 Å². The van der Waals surface area contributed by atoms with E-state index in [0.29, 0.717) is 17.1 Å². The van der Waals surface area contributed by atoms with E-state index in [4.69, 9.17) is 18.0 Å². The SMILES string of the molecule is NC(=S)c1ccc2c(ccn2Cc2ccccc2F)c1. The highest BCUT2D eigenvalue weighted by atomic mass is 32.1. The molecule has 0 unspecified atom stereocenters. The first-order valence-corrected chi connectivity index (χ1v) is 6.68. The number of hydrogen-bond acceptors (Lipinski definition) is 1. The normalized spacial score (nSPS) is 10.8. The molecule has 0 atom stereocenters. The maximum Gasteiger partial charge on any atom is 0.128 e. The molecule has 4 heteroatoms. The molecule has 0 aliphatic carbocycles. The fraction of sp³-hybridized carbons (Fsp3) is 0.0625. The van der Waals surface area contributed by atoms with Crippen LogP contribution >= 0.6 is 12.2 Å². The molecular weight excluding hydrogens is 271 g/mol. The van der Waals surface area contributed by atoms with Gasteiger partial charge in [-0.15, -0.1) is 0 Å². The van der Waals surface area contributed by atoms with Gasteiger partial charge in [-0.25, -0.2) is 4.39 Å². The first-order valence-electron chi connectivity index (χ1n) is 6.27. The minimum absolute atomic E-state index is 0.186. The molecule has 1 heterocycles. The fourth-order valence-corrected chi connectivity index (χ4v) is 2.43. The molecule has 0 spiro atoms. The van der Waals surface area contributed by atoms with Crippen molar-refractivity contribution in [3.05, 3.63) is 71.7 Å². The van der Waals surface area contributed by atoms with Crippen LogP contribution in [0.2, 0.25) is 0 Å². The number of nitrogens with two attached hydrogens (primary N) is 1. The van der Waals surface area contributed by atoms with Gasteiger partial charge in [0.25, 0.3) is 0 Å². The highest BCUT2D eigenvalue weighted by Gasteiger charge is 2.06. The minimum atomic E-state index is -0.186. The first kappa shape index (κ1) is 12.8. The molecule has 0 saturated carbocycles. The lowest BCUT2D eigenvalue weighted by molar-refractivity contribution is 0.602. The molecule has 20 heavy (non-hydrogen) atoms. The topological polar surface area (TPSA) is 30.9 Å². The van der Waals surface area contributed by atoms with Gasteiger partial charge >= 0.3 is 0 Å². The predicted octanol–water partition coefficient (Wildman–Crippen LogP) is 3.46. The summed E-state index contributed by atoms with van der Waals surface area (Å²) >= 11 is 4.98. The van der Waals surface area contributed by atoms with E-state index >= 15 is 0 Å². The fourth-order valence-electron chi connectivity index (χ4n) is 2.30. The third kappa shape index (κ3) is 2.30. The van der Waals surface area contributed by atoms with Gasteiger partial charge in [-0.05, 0) is 30.3 Å². The van der Waals surface area contributed by atoms with Gasteiger partial charge in [-0.1, -0.05) is 30.4 Å². The number of aromatic nitrogens is 1. The summed E-state index contributed by atoms with van der Waals surface area (Å²) in [6.07, 6.45) is 1.94. The highest BCUT2D eigenvalue weighted by molar-refractivity contribution is 7.80. The zero-order valence-corrected chi connectivity index (χ0v) is 11.5. The highest BCUT2D eigenvalue weighted by Crippen LogP contribution is 2.20. The van der Waals surface area contributed by atoms with Gasteiger partial charge < -0.3 is 10.3 Å². The molecule has 0 radical (unpaired) electrons. The van der Waals surface area contributed by atoms with Gasteiger partial charge in [0.1, 0.15) is 10.8 Å². The summed E-state index contributed by atoms with van der Waals surface area (Å²) in [6.45, 7) is 0.503. The Morgan fingerprint density at radius 3 is 2.70 bits per heavy atom. The summed E-state index contributed by atoms with van der Waals surface area (Å²) in [5, 5.41) is 1.05. The number of thiocarbonyl (C=S) groups is 1. The van der Waals surface area contributed by atoms with Crippen molar-refractivity contribution in [2.24, 2.45) is 5.73 Å². The Labute approximate surface area is 121 Å². The first-order chi connectivity index (χ1) is 9.65. The van der Waals surface area contributed by atoms with Gasteiger partial charge in [0.05, 0.1) is 6.54 Å². The second-order valence-electron chi connectivity index (χ2n) is 4.67. The number of hydrogen-bond donors (Lipinski definition) is 1. The molecule has 0 bridgehead atoms. The number of fused-ring (bicyclic) bond motifs is 1. The monoisotopic (exact) mass is 284 g/mol. The predicted molar refractivity (Wildman–Crippen MR) is 83.3 cm³/mol. The zero-order valence-electron chi connectivity index (χ0n) is 10.7. The van der Waals surface area contributed by atoms with Crippen molar-refractivity contribution >= 4 is 28.1 Å². The van der Waals surface area contributed by atoms with Crippen LogP contribution in [0, 0.1) is 5.82 Å². The molecule has 0 saturated heterocycles. The minimum Gasteiger partial charge on any atom is -0.389 e. The van der Waals surface area contributed by atoms with E-state index in [1.54, 1.807) is 12.1 Å². The molecule has 0 amide bonds. The lowest BCUT2D eigenvalue weighted by atomic mass is 10.1. The molecule has 0 fully saturated rings. The van der Waals surface area contributed by atoms with Crippen LogP contribution in [0.4, 0.5) is 4.39 Å². The van der Waals surface area contributed by atoms with Crippen LogP contribution in [0.5, 0.6) is 0 Å². The van der Waals surface area contributed by atoms with Crippen molar-refractivity contribution < 1.29 is 4.39 Å². The van der Waals surface area contributed by atoms with Crippen LogP contribution in [0.15, 0.2) is 54.7 Å². The second kappa shape index (κ2) is 5.06. The summed E-state index contributed by atoms with van der Waals surface area (Å²) in [5.74, 6) is -0.186. The zero-order chi connectivity index (χ0) is 14.1. The number of rotatable bonds is 3. The van der Waals surface area contributed by atoms with Crippen molar-refractivity contribution in [3.8, 4) is 0 Å². The summed E-state index contributed by atoms with van der Waals surface area (Å²) in [4.78, 5) is 0.383. The third-order valence-corrected chi connectivity index (χ3v) is 3.59. The molecule has 3 rings (SSSR count). The maximum absolute atomic E-state index is 13.7. The maximum atomic E-state index is 13.7. The molecule has 2 nitrogen and oxygen atoms in total. The quantitative estimate of drug-likeness (QED) is 0.747. The summed E-state index contributed by atoms with van der Waals surface area (Å²) in [6, 6.07) is 14.6. The average molecular weight is 284 g/mol. The van der Waals surface area contributed by atoms with Gasteiger partial charge in [0.15, 0.2) is 0 Å². The summed E-state index contributed by atoms with van der Waals surface area (Å²) < 4.78 is 15.7. The number of benzene rings is 2. The van der Waals surface area contributed by atoms with Crippen molar-refractivity contribution in [2.45, 2.75) is 6.54 Å². The van der Waals surface area contributed by atoms with Gasteiger partial charge in [-0.3, -0.25) is 0 Å². The van der Waals surface area contributed by atoms with E-state index < -0.39 is 0 Å². The van der Waals surface area contributed by atoms with E-state index in [1.807, 2.05) is 41.1 Å². The van der Waals surface area contributed by atoms with Crippen molar-refractivity contribution in [2.75, 3.05) is 0 Å². The Morgan fingerprint density at radius 2 is 1.95 bits per heavy atom. The summed E-state index contributed by atoms with van der Waals surface area (Å²) in [7, 11) is 0. The molecule has 0 aliphatic rings. The molecule has 2 N–H and O–H groups in total. The Hall–Kier alpha value is -2.20. The summed E-state index contributed by atoms with van der Waals surface area (Å²) in [5.41, 5.74) is 8.18. The van der Waals surface area contributed by atoms with E-state index in [0.717, 1.165) is 16.5 Å². The van der Waals surface area contributed by atoms with Gasteiger partial charge in [0.2, 0.25) is 0 Å². The lowest BCUT2D eigenvalue weighted by Crippen LogP contribution is -2.08. The molecule has 2 aromatic carbocycles. The largest absolute Gasteiger partial charge is 0.389 e. The van der Waals surface area contributed by atoms with E-state index in [1.165, 1.54) is 6.07 Å². The van der Waals surface area contributed by atoms with E-state index in [2.05, 4.69) is 0 Å². The smallest absolute Gasteiger partial charge is 0.128 e. The standard InChI is InChI=1S/C16H13FN2S/c17-14-4-2-1-3-13(14)10-19-8-7-11-9-12(16(18)20)5-6-15(11)19/h1-9H,10H2,(H2,18,20). The van der Waals surface area contributed by atoms with Crippen molar-refractivity contribution in [1.29, 1.82) is 0 Å². The Balaban J connectivity index is 2.01. The van der Waals surface area contributed by atoms with Crippen LogP contribution in [0.1, 0.15) is 11.1 Å². The van der Waals surface area contributed by atoms with Crippen LogP contribution < -0.4 is 5.73 Å². The Kier molecular flexibility index (Phi) is 3.24. The molecule has 1 aromatic heterocycles. The number of halogens is 1. The van der Waals surface area contributed by atoms with Crippen LogP contribution in [0.25, 0.3) is 10.9 Å². The Morgan fingerprint density at radius 1 is 1.15 bits per heavy atom. The molecule has 3 aromatic rings. The van der Waals surface area contributed by atoms with Crippen molar-refractivity contribution in [3.63, 3.8) is 0 Å². The lowest BCUT2D eigenvalue weighted by Gasteiger charge is -2.07. The number of nitrogens with zero attached hydrogens (tertiary/aromatic N) is 1. The molecule has 0 aliphatic heterocycles. The van der Waals surface area contributed by atoms with Crippen molar-refractivity contribution in [1.82, 2.24) is 4.57 Å².